The summed E-state index contributed by atoms with van der Waals surface area (Å²) < 4.78 is 0. The van der Waals surface area contributed by atoms with Crippen molar-refractivity contribution < 1.29 is 4.79 Å². The Kier molecular flexibility index (Phi) is 6.40. The van der Waals surface area contributed by atoms with E-state index in [0.717, 1.165) is 57.0 Å². The van der Waals surface area contributed by atoms with Gasteiger partial charge < -0.3 is 15.5 Å². The van der Waals surface area contributed by atoms with Crippen LogP contribution in [0.5, 0.6) is 0 Å². The number of amides is 1. The molecule has 0 unspecified atom stereocenters. The molecule has 5 heteroatoms. The van der Waals surface area contributed by atoms with E-state index in [1.165, 1.54) is 43.2 Å². The number of nitrogens with one attached hydrogen (secondary N) is 2. The second-order valence-electron chi connectivity index (χ2n) is 11.5. The van der Waals surface area contributed by atoms with Gasteiger partial charge in [0.15, 0.2) is 0 Å². The van der Waals surface area contributed by atoms with Gasteiger partial charge in [-0.1, -0.05) is 55.7 Å². The number of hydrogen-bond donors (Lipinski definition) is 2. The highest BCUT2D eigenvalue weighted by Crippen LogP contribution is 2.44. The quantitative estimate of drug-likeness (QED) is 0.699. The fraction of sp³-hybridized carbons (Fsp3) is 0.600. The van der Waals surface area contributed by atoms with Gasteiger partial charge >= 0.3 is 0 Å². The smallest absolute Gasteiger partial charge is 0.228 e. The minimum Gasteiger partial charge on any atom is -0.339 e. The van der Waals surface area contributed by atoms with Crippen LogP contribution < -0.4 is 10.6 Å². The number of carbonyl (C=O) groups is 1. The predicted octanol–water partition coefficient (Wildman–Crippen LogP) is 4.31. The molecule has 186 valence electrons. The van der Waals surface area contributed by atoms with Gasteiger partial charge in [-0.25, -0.2) is 0 Å². The number of benzene rings is 1. The van der Waals surface area contributed by atoms with Crippen molar-refractivity contribution in [1.82, 2.24) is 20.5 Å². The van der Waals surface area contributed by atoms with E-state index >= 15 is 0 Å². The van der Waals surface area contributed by atoms with Crippen LogP contribution >= 0.6 is 0 Å². The van der Waals surface area contributed by atoms with E-state index < -0.39 is 0 Å². The molecule has 1 aliphatic carbocycles. The van der Waals surface area contributed by atoms with Crippen LogP contribution in [0.4, 0.5) is 0 Å². The molecular formula is C30H40N4O. The number of hydrogen-bond acceptors (Lipinski definition) is 4. The van der Waals surface area contributed by atoms with Crippen LogP contribution in [0.2, 0.25) is 0 Å². The summed E-state index contributed by atoms with van der Waals surface area (Å²) in [5, 5.41) is 7.24. The van der Waals surface area contributed by atoms with Crippen LogP contribution in [0.25, 0.3) is 0 Å². The number of piperidine rings is 1. The van der Waals surface area contributed by atoms with Crippen molar-refractivity contribution in [3.8, 4) is 0 Å². The Balaban J connectivity index is 1.30. The number of aromatic nitrogens is 1. The first-order valence-electron chi connectivity index (χ1n) is 13.9. The van der Waals surface area contributed by atoms with Crippen LogP contribution in [0, 0.1) is 18.8 Å². The summed E-state index contributed by atoms with van der Waals surface area (Å²) in [5.74, 6) is 1.56. The zero-order chi connectivity index (χ0) is 23.8. The largest absolute Gasteiger partial charge is 0.339 e. The maximum Gasteiger partial charge on any atom is 0.228 e. The summed E-state index contributed by atoms with van der Waals surface area (Å²) >= 11 is 0. The number of rotatable bonds is 3. The zero-order valence-electron chi connectivity index (χ0n) is 21.1. The second-order valence-corrected chi connectivity index (χ2v) is 11.5. The third kappa shape index (κ3) is 4.21. The van der Waals surface area contributed by atoms with Crippen LogP contribution in [-0.2, 0) is 16.8 Å². The number of pyridine rings is 1. The van der Waals surface area contributed by atoms with Crippen LogP contribution in [0.15, 0.2) is 42.5 Å². The van der Waals surface area contributed by atoms with Gasteiger partial charge in [-0.15, -0.1) is 0 Å². The fourth-order valence-corrected chi connectivity index (χ4v) is 7.71. The SMILES string of the molecule is Cc1ccc2c(n1)CNC[C@]21CNC[C@H]1C(=O)N1CC[C@@H](c2ccccc2)C[C@H]1C1CCCCC1. The third-order valence-electron chi connectivity index (χ3n) is 9.53. The molecule has 6 rings (SSSR count). The first-order chi connectivity index (χ1) is 17.2. The molecule has 1 saturated carbocycles. The number of carbonyl (C=O) groups excluding carboxylic acids is 1. The standard InChI is InChI=1S/C30H40N4O/c1-21-12-13-25-27(33-21)18-32-20-30(25)19-31-17-26(30)29(35)34-15-14-24(22-8-4-2-5-9-22)16-28(34)23-10-6-3-7-11-23/h2,4-5,8-9,12-13,23-24,26,28,31-32H,3,6-7,10-11,14-20H2,1H3/t24-,26+,28+,30-/m1/s1. The first-order valence-corrected chi connectivity index (χ1v) is 13.9. The third-order valence-corrected chi connectivity index (χ3v) is 9.53. The number of fused-ring (bicyclic) bond motifs is 2. The van der Waals surface area contributed by atoms with Gasteiger partial charge in [0, 0.05) is 49.9 Å². The first kappa shape index (κ1) is 23.2. The molecule has 1 amide bonds. The van der Waals surface area contributed by atoms with Gasteiger partial charge in [-0.3, -0.25) is 9.78 Å². The summed E-state index contributed by atoms with van der Waals surface area (Å²) in [5.41, 5.74) is 4.73. The van der Waals surface area contributed by atoms with Gasteiger partial charge in [0.25, 0.3) is 0 Å². The summed E-state index contributed by atoms with van der Waals surface area (Å²) in [6.45, 7) is 6.21. The molecule has 0 bridgehead atoms. The van der Waals surface area contributed by atoms with Crippen molar-refractivity contribution in [3.63, 3.8) is 0 Å². The number of likely N-dealkylation sites (tertiary alicyclic amines) is 1. The van der Waals surface area contributed by atoms with Crippen molar-refractivity contribution in [3.05, 3.63) is 65.0 Å². The molecule has 2 N–H and O–H groups in total. The van der Waals surface area contributed by atoms with Crippen LogP contribution in [0.1, 0.15) is 73.4 Å². The van der Waals surface area contributed by atoms with E-state index in [0.29, 0.717) is 23.8 Å². The van der Waals surface area contributed by atoms with Gasteiger partial charge in [0.1, 0.15) is 0 Å². The highest BCUT2D eigenvalue weighted by atomic mass is 16.2. The molecule has 35 heavy (non-hydrogen) atoms. The Morgan fingerprint density at radius 2 is 1.80 bits per heavy atom. The maximum absolute atomic E-state index is 14.5. The van der Waals surface area contributed by atoms with Crippen molar-refractivity contribution >= 4 is 5.91 Å². The molecule has 4 heterocycles. The molecule has 1 spiro atoms. The average molecular weight is 473 g/mol. The lowest BCUT2D eigenvalue weighted by Crippen LogP contribution is -2.57. The van der Waals surface area contributed by atoms with E-state index in [1.807, 2.05) is 0 Å². The molecule has 4 atom stereocenters. The van der Waals surface area contributed by atoms with Crippen molar-refractivity contribution in [2.75, 3.05) is 26.2 Å². The highest BCUT2D eigenvalue weighted by molar-refractivity contribution is 5.82. The minimum atomic E-state index is -0.196. The molecule has 3 fully saturated rings. The lowest BCUT2D eigenvalue weighted by atomic mass is 9.68. The van der Waals surface area contributed by atoms with Crippen molar-refractivity contribution in [2.45, 2.75) is 75.8 Å². The van der Waals surface area contributed by atoms with Gasteiger partial charge in [-0.2, -0.15) is 0 Å². The molecule has 2 saturated heterocycles. The number of aryl methyl sites for hydroxylation is 1. The molecule has 1 aromatic heterocycles. The van der Waals surface area contributed by atoms with E-state index in [-0.39, 0.29) is 11.3 Å². The molecule has 3 aliphatic heterocycles. The molecule has 5 nitrogen and oxygen atoms in total. The second kappa shape index (κ2) is 9.67. The Hall–Kier alpha value is -2.24. The highest BCUT2D eigenvalue weighted by Gasteiger charge is 2.53. The Bertz CT molecular complexity index is 1050. The Morgan fingerprint density at radius 3 is 2.63 bits per heavy atom. The minimum absolute atomic E-state index is 0.0297. The predicted molar refractivity (Wildman–Crippen MR) is 139 cm³/mol. The molecule has 1 aromatic carbocycles. The van der Waals surface area contributed by atoms with E-state index in [1.54, 1.807) is 0 Å². The summed E-state index contributed by atoms with van der Waals surface area (Å²) in [6.07, 6.45) is 8.72. The van der Waals surface area contributed by atoms with E-state index in [2.05, 4.69) is 64.9 Å². The summed E-state index contributed by atoms with van der Waals surface area (Å²) in [6, 6.07) is 15.8. The van der Waals surface area contributed by atoms with Crippen molar-refractivity contribution in [2.24, 2.45) is 11.8 Å². The monoisotopic (exact) mass is 472 g/mol. The summed E-state index contributed by atoms with van der Waals surface area (Å²) in [4.78, 5) is 21.7. The molecule has 0 radical (unpaired) electrons. The van der Waals surface area contributed by atoms with Gasteiger partial charge in [0.05, 0.1) is 11.6 Å². The molecular weight excluding hydrogens is 432 g/mol. The zero-order valence-corrected chi connectivity index (χ0v) is 21.1. The van der Waals surface area contributed by atoms with Crippen LogP contribution in [-0.4, -0.2) is 48.0 Å². The van der Waals surface area contributed by atoms with E-state index in [9.17, 15) is 4.79 Å². The number of nitrogens with zero attached hydrogens (tertiary/aromatic N) is 2. The molecule has 4 aliphatic rings. The fourth-order valence-electron chi connectivity index (χ4n) is 7.71. The Labute approximate surface area is 210 Å². The Morgan fingerprint density at radius 1 is 1.00 bits per heavy atom. The molecule has 2 aromatic rings. The van der Waals surface area contributed by atoms with Gasteiger partial charge in [0.2, 0.25) is 5.91 Å². The normalized spacial score (nSPS) is 31.5. The lowest BCUT2D eigenvalue weighted by Gasteiger charge is -2.48. The topological polar surface area (TPSA) is 57.3 Å². The van der Waals surface area contributed by atoms with Gasteiger partial charge in [-0.05, 0) is 61.6 Å². The lowest BCUT2D eigenvalue weighted by molar-refractivity contribution is -0.142. The average Bonchev–Trinajstić information content (AvgIpc) is 3.32. The van der Waals surface area contributed by atoms with E-state index in [4.69, 9.17) is 4.98 Å². The summed E-state index contributed by atoms with van der Waals surface area (Å²) in [7, 11) is 0. The van der Waals surface area contributed by atoms with Crippen molar-refractivity contribution in [1.29, 1.82) is 0 Å². The van der Waals surface area contributed by atoms with Crippen LogP contribution in [0.3, 0.4) is 0 Å². The maximum atomic E-state index is 14.5.